The standard InChI is InChI=1S/C17H19NO2/c1-11(2)15-6-4-5-12(3)16(15)18-17(20)13-7-9-14(19)10-8-13/h4-11,19H,1-3H3,(H,18,20). The highest BCUT2D eigenvalue weighted by Crippen LogP contribution is 2.27. The molecular formula is C17H19NO2. The number of aryl methyl sites for hydroxylation is 1. The Kier molecular flexibility index (Phi) is 4.08. The van der Waals surface area contributed by atoms with Crippen LogP contribution in [0.15, 0.2) is 42.5 Å². The minimum atomic E-state index is -0.166. The smallest absolute Gasteiger partial charge is 0.255 e. The average Bonchev–Trinajstić information content (AvgIpc) is 2.41. The van der Waals surface area contributed by atoms with E-state index >= 15 is 0 Å². The van der Waals surface area contributed by atoms with Gasteiger partial charge >= 0.3 is 0 Å². The number of phenolic OH excluding ortho intramolecular Hbond substituents is 1. The summed E-state index contributed by atoms with van der Waals surface area (Å²) < 4.78 is 0. The molecular weight excluding hydrogens is 250 g/mol. The van der Waals surface area contributed by atoms with Gasteiger partial charge in [0.1, 0.15) is 5.75 Å². The van der Waals surface area contributed by atoms with Crippen LogP contribution in [0.25, 0.3) is 0 Å². The minimum absolute atomic E-state index is 0.153. The zero-order valence-corrected chi connectivity index (χ0v) is 12.0. The average molecular weight is 269 g/mol. The summed E-state index contributed by atoms with van der Waals surface area (Å²) in [5.74, 6) is 0.325. The van der Waals surface area contributed by atoms with E-state index in [9.17, 15) is 9.90 Å². The molecule has 0 aliphatic carbocycles. The lowest BCUT2D eigenvalue weighted by Crippen LogP contribution is -2.14. The van der Waals surface area contributed by atoms with Gasteiger partial charge in [-0.05, 0) is 48.2 Å². The van der Waals surface area contributed by atoms with Crippen LogP contribution in [0.4, 0.5) is 5.69 Å². The van der Waals surface area contributed by atoms with Crippen LogP contribution in [0.2, 0.25) is 0 Å². The summed E-state index contributed by atoms with van der Waals surface area (Å²) in [7, 11) is 0. The molecule has 2 N–H and O–H groups in total. The minimum Gasteiger partial charge on any atom is -0.508 e. The van der Waals surface area contributed by atoms with E-state index < -0.39 is 0 Å². The van der Waals surface area contributed by atoms with Gasteiger partial charge in [0.25, 0.3) is 5.91 Å². The zero-order chi connectivity index (χ0) is 14.7. The van der Waals surface area contributed by atoms with Crippen molar-refractivity contribution in [2.45, 2.75) is 26.7 Å². The Morgan fingerprint density at radius 2 is 1.75 bits per heavy atom. The molecule has 0 radical (unpaired) electrons. The third kappa shape index (κ3) is 2.99. The second-order valence-electron chi connectivity index (χ2n) is 5.19. The molecule has 0 atom stereocenters. The van der Waals surface area contributed by atoms with E-state index in [1.165, 1.54) is 12.1 Å². The highest BCUT2D eigenvalue weighted by Gasteiger charge is 2.13. The van der Waals surface area contributed by atoms with E-state index in [1.807, 2.05) is 25.1 Å². The number of anilines is 1. The van der Waals surface area contributed by atoms with Crippen LogP contribution < -0.4 is 5.32 Å². The number of nitrogens with one attached hydrogen (secondary N) is 1. The molecule has 2 rings (SSSR count). The van der Waals surface area contributed by atoms with Crippen molar-refractivity contribution in [3.63, 3.8) is 0 Å². The predicted octanol–water partition coefficient (Wildman–Crippen LogP) is 4.08. The molecule has 0 saturated carbocycles. The van der Waals surface area contributed by atoms with Crippen molar-refractivity contribution in [1.29, 1.82) is 0 Å². The summed E-state index contributed by atoms with van der Waals surface area (Å²) in [5.41, 5.74) is 3.57. The predicted molar refractivity (Wildman–Crippen MR) is 81.3 cm³/mol. The molecule has 0 bridgehead atoms. The largest absolute Gasteiger partial charge is 0.508 e. The van der Waals surface area contributed by atoms with E-state index in [-0.39, 0.29) is 11.7 Å². The number of para-hydroxylation sites is 1. The highest BCUT2D eigenvalue weighted by atomic mass is 16.3. The molecule has 0 aliphatic heterocycles. The maximum atomic E-state index is 12.3. The summed E-state index contributed by atoms with van der Waals surface area (Å²) in [6, 6.07) is 12.3. The molecule has 0 aliphatic rings. The fourth-order valence-corrected chi connectivity index (χ4v) is 2.14. The van der Waals surface area contributed by atoms with Crippen LogP contribution >= 0.6 is 0 Å². The molecule has 2 aromatic rings. The number of hydrogen-bond acceptors (Lipinski definition) is 2. The van der Waals surface area contributed by atoms with Crippen molar-refractivity contribution in [1.82, 2.24) is 0 Å². The summed E-state index contributed by atoms with van der Waals surface area (Å²) >= 11 is 0. The van der Waals surface area contributed by atoms with E-state index in [2.05, 4.69) is 19.2 Å². The molecule has 0 heterocycles. The van der Waals surface area contributed by atoms with Crippen LogP contribution in [0.3, 0.4) is 0 Å². The second kappa shape index (κ2) is 5.78. The van der Waals surface area contributed by atoms with E-state index in [1.54, 1.807) is 12.1 Å². The Balaban J connectivity index is 2.30. The Hall–Kier alpha value is -2.29. The van der Waals surface area contributed by atoms with Gasteiger partial charge in [0, 0.05) is 11.3 Å². The SMILES string of the molecule is Cc1cccc(C(C)C)c1NC(=O)c1ccc(O)cc1. The summed E-state index contributed by atoms with van der Waals surface area (Å²) in [6.07, 6.45) is 0. The van der Waals surface area contributed by atoms with Crippen LogP contribution in [-0.4, -0.2) is 11.0 Å². The highest BCUT2D eigenvalue weighted by molar-refractivity contribution is 6.05. The molecule has 104 valence electrons. The first-order valence-electron chi connectivity index (χ1n) is 6.69. The van der Waals surface area contributed by atoms with Crippen molar-refractivity contribution in [2.75, 3.05) is 5.32 Å². The van der Waals surface area contributed by atoms with Crippen molar-refractivity contribution >= 4 is 11.6 Å². The first-order chi connectivity index (χ1) is 9.49. The monoisotopic (exact) mass is 269 g/mol. The van der Waals surface area contributed by atoms with Crippen molar-refractivity contribution in [2.24, 2.45) is 0 Å². The van der Waals surface area contributed by atoms with Gasteiger partial charge in [-0.1, -0.05) is 32.0 Å². The molecule has 1 amide bonds. The third-order valence-corrected chi connectivity index (χ3v) is 3.30. The summed E-state index contributed by atoms with van der Waals surface area (Å²) in [6.45, 7) is 6.19. The van der Waals surface area contributed by atoms with Gasteiger partial charge in [-0.2, -0.15) is 0 Å². The number of phenols is 1. The topological polar surface area (TPSA) is 49.3 Å². The van der Waals surface area contributed by atoms with Crippen molar-refractivity contribution in [3.8, 4) is 5.75 Å². The number of benzene rings is 2. The van der Waals surface area contributed by atoms with Crippen LogP contribution in [0.1, 0.15) is 41.3 Å². The van der Waals surface area contributed by atoms with Crippen LogP contribution in [0, 0.1) is 6.92 Å². The van der Waals surface area contributed by atoms with Crippen molar-refractivity contribution < 1.29 is 9.90 Å². The lowest BCUT2D eigenvalue weighted by molar-refractivity contribution is 0.102. The molecule has 0 saturated heterocycles. The third-order valence-electron chi connectivity index (χ3n) is 3.30. The number of carbonyl (C=O) groups excluding carboxylic acids is 1. The lowest BCUT2D eigenvalue weighted by atomic mass is 9.98. The van der Waals surface area contributed by atoms with E-state index in [0.29, 0.717) is 11.5 Å². The Bertz CT molecular complexity index is 615. The van der Waals surface area contributed by atoms with Crippen LogP contribution in [0.5, 0.6) is 5.75 Å². The van der Waals surface area contributed by atoms with Crippen LogP contribution in [-0.2, 0) is 0 Å². The maximum Gasteiger partial charge on any atom is 0.255 e. The lowest BCUT2D eigenvalue weighted by Gasteiger charge is -2.16. The summed E-state index contributed by atoms with van der Waals surface area (Å²) in [4.78, 5) is 12.3. The molecule has 3 heteroatoms. The Morgan fingerprint density at radius 1 is 1.10 bits per heavy atom. The number of rotatable bonds is 3. The van der Waals surface area contributed by atoms with E-state index in [4.69, 9.17) is 0 Å². The zero-order valence-electron chi connectivity index (χ0n) is 12.0. The molecule has 20 heavy (non-hydrogen) atoms. The Morgan fingerprint density at radius 3 is 2.35 bits per heavy atom. The van der Waals surface area contributed by atoms with Gasteiger partial charge in [0.2, 0.25) is 0 Å². The van der Waals surface area contributed by atoms with Gasteiger partial charge in [0.15, 0.2) is 0 Å². The van der Waals surface area contributed by atoms with Gasteiger partial charge in [-0.25, -0.2) is 0 Å². The first kappa shape index (κ1) is 14.1. The molecule has 0 unspecified atom stereocenters. The van der Waals surface area contributed by atoms with Crippen molar-refractivity contribution in [3.05, 3.63) is 59.2 Å². The quantitative estimate of drug-likeness (QED) is 0.882. The second-order valence-corrected chi connectivity index (χ2v) is 5.19. The Labute approximate surface area is 119 Å². The first-order valence-corrected chi connectivity index (χ1v) is 6.69. The molecule has 0 fully saturated rings. The normalized spacial score (nSPS) is 10.6. The van der Waals surface area contributed by atoms with Gasteiger partial charge in [0.05, 0.1) is 0 Å². The fraction of sp³-hybridized carbons (Fsp3) is 0.235. The molecule has 0 aromatic heterocycles. The molecule has 2 aromatic carbocycles. The van der Waals surface area contributed by atoms with Gasteiger partial charge in [-0.15, -0.1) is 0 Å². The number of carbonyl (C=O) groups is 1. The fourth-order valence-electron chi connectivity index (χ4n) is 2.14. The maximum absolute atomic E-state index is 12.3. The molecule has 0 spiro atoms. The van der Waals surface area contributed by atoms with Gasteiger partial charge < -0.3 is 10.4 Å². The number of hydrogen-bond donors (Lipinski definition) is 2. The summed E-state index contributed by atoms with van der Waals surface area (Å²) in [5, 5.41) is 12.2. The number of aromatic hydroxyl groups is 1. The van der Waals surface area contributed by atoms with Gasteiger partial charge in [-0.3, -0.25) is 4.79 Å². The molecule has 3 nitrogen and oxygen atoms in total. The number of amides is 1. The van der Waals surface area contributed by atoms with E-state index in [0.717, 1.165) is 16.8 Å².